The van der Waals surface area contributed by atoms with Crippen molar-refractivity contribution in [3.05, 3.63) is 82.4 Å². The van der Waals surface area contributed by atoms with Crippen molar-refractivity contribution in [2.24, 2.45) is 5.73 Å². The average molecular weight is 407 g/mol. The Hall–Kier alpha value is -3.48. The molecule has 1 heterocycles. The van der Waals surface area contributed by atoms with Crippen molar-refractivity contribution in [1.82, 2.24) is 9.97 Å². The fourth-order valence-electron chi connectivity index (χ4n) is 3.27. The number of hydrogen-bond acceptors (Lipinski definition) is 5. The van der Waals surface area contributed by atoms with Crippen LogP contribution in [0.5, 0.6) is 0 Å². The fraction of sp³-hybridized carbons (Fsp3) is 0.261. The Labute approximate surface area is 176 Å². The molecule has 1 amide bonds. The fourth-order valence-corrected chi connectivity index (χ4v) is 3.27. The van der Waals surface area contributed by atoms with Gasteiger partial charge in [-0.15, -0.1) is 0 Å². The normalized spacial score (nSPS) is 10.7. The molecule has 3 aromatic rings. The second kappa shape index (κ2) is 9.35. The lowest BCUT2D eigenvalue weighted by molar-refractivity contribution is -0.117. The van der Waals surface area contributed by atoms with Gasteiger partial charge in [0.15, 0.2) is 11.6 Å². The first kappa shape index (κ1) is 21.2. The Morgan fingerprint density at radius 2 is 1.80 bits per heavy atom. The number of anilines is 2. The predicted octanol–water partition coefficient (Wildman–Crippen LogP) is 3.51. The highest BCUT2D eigenvalue weighted by atomic mass is 19.1. The zero-order valence-electron chi connectivity index (χ0n) is 17.4. The van der Waals surface area contributed by atoms with Crippen LogP contribution < -0.4 is 16.0 Å². The first-order valence-electron chi connectivity index (χ1n) is 9.71. The van der Waals surface area contributed by atoms with Crippen LogP contribution in [-0.4, -0.2) is 22.9 Å². The monoisotopic (exact) mass is 407 g/mol. The molecule has 0 radical (unpaired) electrons. The third-order valence-corrected chi connectivity index (χ3v) is 4.90. The van der Waals surface area contributed by atoms with Crippen molar-refractivity contribution in [3.8, 4) is 0 Å². The van der Waals surface area contributed by atoms with Gasteiger partial charge >= 0.3 is 0 Å². The average Bonchev–Trinajstić information content (AvgIpc) is 2.70. The minimum Gasteiger partial charge on any atom is -0.369 e. The highest BCUT2D eigenvalue weighted by molar-refractivity contribution is 5.76. The van der Waals surface area contributed by atoms with Gasteiger partial charge in [-0.05, 0) is 36.1 Å². The van der Waals surface area contributed by atoms with E-state index in [1.165, 1.54) is 11.9 Å². The molecule has 3 N–H and O–H groups in total. The van der Waals surface area contributed by atoms with E-state index in [0.717, 1.165) is 22.3 Å². The lowest BCUT2D eigenvalue weighted by atomic mass is 10.1. The lowest BCUT2D eigenvalue weighted by Gasteiger charge is -2.21. The summed E-state index contributed by atoms with van der Waals surface area (Å²) in [6.45, 7) is 5.04. The number of rotatable bonds is 8. The predicted molar refractivity (Wildman–Crippen MR) is 117 cm³/mol. The molecule has 0 aliphatic rings. The largest absolute Gasteiger partial charge is 0.369 e. The summed E-state index contributed by atoms with van der Waals surface area (Å²) in [5.74, 6) is -0.477. The molecule has 0 fully saturated rings. The third-order valence-electron chi connectivity index (χ3n) is 4.90. The molecule has 2 aromatic carbocycles. The van der Waals surface area contributed by atoms with Crippen LogP contribution in [0.15, 0.2) is 48.8 Å². The van der Waals surface area contributed by atoms with Gasteiger partial charge in [0.1, 0.15) is 6.33 Å². The van der Waals surface area contributed by atoms with E-state index in [1.54, 1.807) is 4.90 Å². The number of aromatic nitrogens is 2. The maximum Gasteiger partial charge on any atom is 0.221 e. The maximum atomic E-state index is 15.0. The molecule has 0 aliphatic carbocycles. The van der Waals surface area contributed by atoms with Crippen LogP contribution >= 0.6 is 0 Å². The van der Waals surface area contributed by atoms with Crippen LogP contribution in [-0.2, 0) is 24.3 Å². The number of nitrogens with zero attached hydrogens (tertiary/aromatic N) is 3. The van der Waals surface area contributed by atoms with Gasteiger partial charge in [0, 0.05) is 20.1 Å². The van der Waals surface area contributed by atoms with Crippen molar-refractivity contribution in [2.45, 2.75) is 33.4 Å². The molecule has 156 valence electrons. The maximum absolute atomic E-state index is 15.0. The molecular formula is C23H26FN5O. The minimum absolute atomic E-state index is 0.147. The van der Waals surface area contributed by atoms with Crippen LogP contribution in [0, 0.1) is 19.7 Å². The molecule has 1 aromatic heterocycles. The Morgan fingerprint density at radius 1 is 1.10 bits per heavy atom. The van der Waals surface area contributed by atoms with Crippen LogP contribution in [0.1, 0.15) is 27.8 Å². The zero-order valence-corrected chi connectivity index (χ0v) is 17.4. The zero-order chi connectivity index (χ0) is 21.7. The van der Waals surface area contributed by atoms with Crippen molar-refractivity contribution in [3.63, 3.8) is 0 Å². The highest BCUT2D eigenvalue weighted by Gasteiger charge is 2.16. The molecule has 0 saturated carbocycles. The van der Waals surface area contributed by atoms with Gasteiger partial charge in [-0.2, -0.15) is 4.39 Å². The van der Waals surface area contributed by atoms with E-state index < -0.39 is 5.82 Å². The second-order valence-electron chi connectivity index (χ2n) is 7.46. The summed E-state index contributed by atoms with van der Waals surface area (Å²) in [5, 5.41) is 3.02. The number of carbonyl (C=O) groups excluding carboxylic acids is 1. The Morgan fingerprint density at radius 3 is 2.47 bits per heavy atom. The molecular weight excluding hydrogens is 381 g/mol. The molecule has 0 atom stereocenters. The van der Waals surface area contributed by atoms with Crippen molar-refractivity contribution in [1.29, 1.82) is 0 Å². The number of nitrogens with one attached hydrogen (secondary N) is 1. The van der Waals surface area contributed by atoms with Crippen LogP contribution in [0.3, 0.4) is 0 Å². The first-order chi connectivity index (χ1) is 14.3. The van der Waals surface area contributed by atoms with Crippen LogP contribution in [0.25, 0.3) is 0 Å². The minimum atomic E-state index is -0.491. The van der Waals surface area contributed by atoms with Gasteiger partial charge in [-0.1, -0.05) is 48.0 Å². The van der Waals surface area contributed by atoms with E-state index in [1.807, 2.05) is 51.2 Å². The Kier molecular flexibility index (Phi) is 6.61. The third kappa shape index (κ3) is 5.31. The molecule has 0 saturated heterocycles. The highest BCUT2D eigenvalue weighted by Crippen LogP contribution is 2.23. The van der Waals surface area contributed by atoms with E-state index in [0.29, 0.717) is 13.1 Å². The SMILES string of the molecule is Cc1ccc(CN(C)c2ncnc(NCc3ccc(CC(N)=O)cc3)c2F)c(C)c1. The summed E-state index contributed by atoms with van der Waals surface area (Å²) in [7, 11) is 1.81. The number of benzene rings is 2. The summed E-state index contributed by atoms with van der Waals surface area (Å²) in [6, 6.07) is 13.6. The second-order valence-corrected chi connectivity index (χ2v) is 7.46. The van der Waals surface area contributed by atoms with Gasteiger partial charge in [-0.3, -0.25) is 4.79 Å². The number of hydrogen-bond donors (Lipinski definition) is 2. The van der Waals surface area contributed by atoms with E-state index >= 15 is 4.39 Å². The lowest BCUT2D eigenvalue weighted by Crippen LogP contribution is -2.21. The molecule has 0 aliphatic heterocycles. The van der Waals surface area contributed by atoms with Gasteiger partial charge < -0.3 is 16.0 Å². The molecule has 6 nitrogen and oxygen atoms in total. The van der Waals surface area contributed by atoms with Crippen LogP contribution in [0.4, 0.5) is 16.0 Å². The topological polar surface area (TPSA) is 84.1 Å². The smallest absolute Gasteiger partial charge is 0.221 e. The molecule has 0 unspecified atom stereocenters. The quantitative estimate of drug-likeness (QED) is 0.597. The van der Waals surface area contributed by atoms with Crippen molar-refractivity contribution >= 4 is 17.5 Å². The Balaban J connectivity index is 1.69. The van der Waals surface area contributed by atoms with E-state index in [9.17, 15) is 4.79 Å². The number of primary amides is 1. The van der Waals surface area contributed by atoms with Crippen LogP contribution in [0.2, 0.25) is 0 Å². The number of aryl methyl sites for hydroxylation is 2. The summed E-state index contributed by atoms with van der Waals surface area (Å²) >= 11 is 0. The van der Waals surface area contributed by atoms with E-state index in [2.05, 4.69) is 27.4 Å². The number of amides is 1. The summed E-state index contributed by atoms with van der Waals surface area (Å²) in [5.41, 5.74) is 10.5. The van der Waals surface area contributed by atoms with Crippen molar-refractivity contribution < 1.29 is 9.18 Å². The van der Waals surface area contributed by atoms with Crippen molar-refractivity contribution in [2.75, 3.05) is 17.3 Å². The van der Waals surface area contributed by atoms with E-state index in [4.69, 9.17) is 5.73 Å². The number of nitrogens with two attached hydrogens (primary N) is 1. The number of halogens is 1. The van der Waals surface area contributed by atoms with Gasteiger partial charge in [-0.25, -0.2) is 9.97 Å². The molecule has 0 bridgehead atoms. The van der Waals surface area contributed by atoms with Gasteiger partial charge in [0.25, 0.3) is 0 Å². The van der Waals surface area contributed by atoms with Gasteiger partial charge in [0.2, 0.25) is 11.7 Å². The summed E-state index contributed by atoms with van der Waals surface area (Å²) in [6.07, 6.45) is 1.56. The first-order valence-corrected chi connectivity index (χ1v) is 9.71. The molecule has 3 rings (SSSR count). The van der Waals surface area contributed by atoms with Gasteiger partial charge in [0.05, 0.1) is 6.42 Å². The Bertz CT molecular complexity index is 1040. The summed E-state index contributed by atoms with van der Waals surface area (Å²) in [4.78, 5) is 20.9. The molecule has 30 heavy (non-hydrogen) atoms. The number of carbonyl (C=O) groups is 1. The molecule has 0 spiro atoms. The summed E-state index contributed by atoms with van der Waals surface area (Å²) < 4.78 is 15.0. The molecule has 7 heteroatoms. The standard InChI is InChI=1S/C23H26FN5O/c1-15-4-9-19(16(2)10-15)13-29(3)23-21(24)22(27-14-28-23)26-12-18-7-5-17(6-8-18)11-20(25)30/h4-10,14H,11-13H2,1-3H3,(H2,25,30)(H,26,27,28). The van der Waals surface area contributed by atoms with E-state index in [-0.39, 0.29) is 24.0 Å².